The van der Waals surface area contributed by atoms with Crippen LogP contribution in [-0.2, 0) is 19.5 Å². The fraction of sp³-hybridized carbons (Fsp3) is 0.462. The summed E-state index contributed by atoms with van der Waals surface area (Å²) in [5.41, 5.74) is 0.0152. The molecule has 0 spiro atoms. The van der Waals surface area contributed by atoms with Crippen LogP contribution in [0.1, 0.15) is 23.7 Å². The first kappa shape index (κ1) is 16.6. The van der Waals surface area contributed by atoms with Crippen molar-refractivity contribution in [2.75, 3.05) is 20.8 Å². The second-order valence-electron chi connectivity index (χ2n) is 4.29. The van der Waals surface area contributed by atoms with Crippen molar-refractivity contribution in [1.29, 1.82) is 0 Å². The predicted molar refractivity (Wildman–Crippen MR) is 74.1 cm³/mol. The third-order valence-corrected chi connectivity index (χ3v) is 4.34. The lowest BCUT2D eigenvalue weighted by atomic mass is 10.2. The van der Waals surface area contributed by atoms with Gasteiger partial charge in [0.05, 0.1) is 17.6 Å². The van der Waals surface area contributed by atoms with Gasteiger partial charge in [0, 0.05) is 19.8 Å². The molecule has 6 nitrogen and oxygen atoms in total. The van der Waals surface area contributed by atoms with Crippen LogP contribution in [-0.4, -0.2) is 41.3 Å². The molecule has 0 radical (unpaired) electrons. The number of hydrogen-bond acceptors (Lipinski definition) is 5. The van der Waals surface area contributed by atoms with E-state index in [1.807, 2.05) is 0 Å². The van der Waals surface area contributed by atoms with Crippen LogP contribution in [0.15, 0.2) is 29.2 Å². The molecule has 0 saturated heterocycles. The quantitative estimate of drug-likeness (QED) is 0.765. The van der Waals surface area contributed by atoms with Gasteiger partial charge < -0.3 is 9.47 Å². The molecular weight excluding hydrogens is 282 g/mol. The van der Waals surface area contributed by atoms with Crippen LogP contribution < -0.4 is 4.72 Å². The lowest BCUT2D eigenvalue weighted by Gasteiger charge is -2.15. The Kier molecular flexibility index (Phi) is 6.12. The fourth-order valence-electron chi connectivity index (χ4n) is 1.66. The highest BCUT2D eigenvalue weighted by atomic mass is 32.2. The summed E-state index contributed by atoms with van der Waals surface area (Å²) < 4.78 is 36.6. The van der Waals surface area contributed by atoms with Gasteiger partial charge >= 0.3 is 5.97 Å². The van der Waals surface area contributed by atoms with Crippen molar-refractivity contribution >= 4 is 16.0 Å². The molecule has 0 aliphatic heterocycles. The van der Waals surface area contributed by atoms with Gasteiger partial charge in [0.2, 0.25) is 10.0 Å². The van der Waals surface area contributed by atoms with E-state index in [1.54, 1.807) is 26.2 Å². The normalized spacial score (nSPS) is 12.9. The highest BCUT2D eigenvalue weighted by Crippen LogP contribution is 2.17. The van der Waals surface area contributed by atoms with E-state index in [0.29, 0.717) is 13.0 Å². The van der Waals surface area contributed by atoms with Crippen LogP contribution >= 0.6 is 0 Å². The minimum Gasteiger partial charge on any atom is -0.465 e. The summed E-state index contributed by atoms with van der Waals surface area (Å²) in [5.74, 6) is -0.685. The van der Waals surface area contributed by atoms with Crippen molar-refractivity contribution in [3.8, 4) is 0 Å². The van der Waals surface area contributed by atoms with Gasteiger partial charge in [-0.15, -0.1) is 0 Å². The molecule has 1 aromatic carbocycles. The Morgan fingerprint density at radius 1 is 1.30 bits per heavy atom. The molecule has 0 bridgehead atoms. The summed E-state index contributed by atoms with van der Waals surface area (Å²) >= 11 is 0. The smallest absolute Gasteiger partial charge is 0.339 e. The van der Waals surface area contributed by atoms with Gasteiger partial charge in [-0.2, -0.15) is 0 Å². The molecule has 1 atom stereocenters. The fourth-order valence-corrected chi connectivity index (χ4v) is 3.13. The molecule has 0 aliphatic carbocycles. The summed E-state index contributed by atoms with van der Waals surface area (Å²) in [7, 11) is -1.02. The molecule has 1 N–H and O–H groups in total. The van der Waals surface area contributed by atoms with E-state index in [2.05, 4.69) is 9.46 Å². The summed E-state index contributed by atoms with van der Waals surface area (Å²) in [6.45, 7) is 2.18. The number of hydrogen-bond donors (Lipinski definition) is 1. The van der Waals surface area contributed by atoms with Crippen LogP contribution in [0.25, 0.3) is 0 Å². The monoisotopic (exact) mass is 301 g/mol. The Balaban J connectivity index is 3.01. The molecule has 0 aromatic heterocycles. The van der Waals surface area contributed by atoms with E-state index in [0.717, 1.165) is 0 Å². The highest BCUT2D eigenvalue weighted by Gasteiger charge is 2.23. The highest BCUT2D eigenvalue weighted by molar-refractivity contribution is 7.89. The first-order chi connectivity index (χ1) is 9.42. The largest absolute Gasteiger partial charge is 0.465 e. The standard InChI is InChI=1S/C13H19NO5S/c1-10(8-9-18-2)14-20(16,17)12-7-5-4-6-11(12)13(15)19-3/h4-7,10,14H,8-9H2,1-3H3. The van der Waals surface area contributed by atoms with E-state index in [4.69, 9.17) is 4.74 Å². The van der Waals surface area contributed by atoms with E-state index in [1.165, 1.54) is 19.2 Å². The predicted octanol–water partition coefficient (Wildman–Crippen LogP) is 1.18. The van der Waals surface area contributed by atoms with Gasteiger partial charge in [0.25, 0.3) is 0 Å². The van der Waals surface area contributed by atoms with Crippen LogP contribution in [0.3, 0.4) is 0 Å². The summed E-state index contributed by atoms with van der Waals surface area (Å²) in [5, 5.41) is 0. The maximum atomic E-state index is 12.3. The summed E-state index contributed by atoms with van der Waals surface area (Å²) in [6, 6.07) is 5.63. The van der Waals surface area contributed by atoms with Crippen molar-refractivity contribution in [1.82, 2.24) is 4.72 Å². The molecule has 20 heavy (non-hydrogen) atoms. The number of ether oxygens (including phenoxy) is 2. The van der Waals surface area contributed by atoms with Crippen molar-refractivity contribution in [3.05, 3.63) is 29.8 Å². The van der Waals surface area contributed by atoms with Gasteiger partial charge in [-0.3, -0.25) is 0 Å². The Bertz CT molecular complexity index is 556. The Labute approximate surface area is 119 Å². The van der Waals surface area contributed by atoms with Gasteiger partial charge in [-0.1, -0.05) is 12.1 Å². The summed E-state index contributed by atoms with van der Waals surface area (Å²) in [4.78, 5) is 11.5. The molecule has 0 heterocycles. The Morgan fingerprint density at radius 3 is 2.55 bits per heavy atom. The van der Waals surface area contributed by atoms with E-state index < -0.39 is 16.0 Å². The molecule has 1 unspecified atom stereocenters. The number of carbonyl (C=O) groups excluding carboxylic acids is 1. The topological polar surface area (TPSA) is 81.7 Å². The molecule has 1 aromatic rings. The van der Waals surface area contributed by atoms with Crippen molar-refractivity contribution in [3.63, 3.8) is 0 Å². The summed E-state index contributed by atoms with van der Waals surface area (Å²) in [6.07, 6.45) is 0.538. The average molecular weight is 301 g/mol. The number of carbonyl (C=O) groups is 1. The second kappa shape index (κ2) is 7.37. The minimum atomic E-state index is -3.78. The van der Waals surface area contributed by atoms with E-state index in [9.17, 15) is 13.2 Å². The van der Waals surface area contributed by atoms with Crippen molar-refractivity contribution < 1.29 is 22.7 Å². The van der Waals surface area contributed by atoms with Gasteiger partial charge in [-0.05, 0) is 25.5 Å². The molecule has 7 heteroatoms. The van der Waals surface area contributed by atoms with Crippen LogP contribution in [0, 0.1) is 0 Å². The zero-order valence-electron chi connectivity index (χ0n) is 11.8. The minimum absolute atomic E-state index is 0.0152. The first-order valence-corrected chi connectivity index (χ1v) is 7.59. The average Bonchev–Trinajstić information content (AvgIpc) is 2.43. The number of benzene rings is 1. The second-order valence-corrected chi connectivity index (χ2v) is 5.97. The van der Waals surface area contributed by atoms with E-state index in [-0.39, 0.29) is 16.5 Å². The van der Waals surface area contributed by atoms with Crippen molar-refractivity contribution in [2.24, 2.45) is 0 Å². The van der Waals surface area contributed by atoms with Gasteiger partial charge in [0.1, 0.15) is 0 Å². The Hall–Kier alpha value is -1.44. The molecule has 1 rings (SSSR count). The zero-order valence-corrected chi connectivity index (χ0v) is 12.6. The van der Waals surface area contributed by atoms with E-state index >= 15 is 0 Å². The molecule has 112 valence electrons. The number of esters is 1. The lowest BCUT2D eigenvalue weighted by molar-refractivity contribution is 0.0596. The first-order valence-electron chi connectivity index (χ1n) is 6.11. The third-order valence-electron chi connectivity index (χ3n) is 2.69. The number of sulfonamides is 1. The third kappa shape index (κ3) is 4.29. The SMILES string of the molecule is COCCC(C)NS(=O)(=O)c1ccccc1C(=O)OC. The number of nitrogens with one attached hydrogen (secondary N) is 1. The van der Waals surface area contributed by atoms with Crippen LogP contribution in [0.4, 0.5) is 0 Å². The maximum Gasteiger partial charge on any atom is 0.339 e. The van der Waals surface area contributed by atoms with Crippen LogP contribution in [0.2, 0.25) is 0 Å². The molecular formula is C13H19NO5S. The zero-order chi connectivity index (χ0) is 15.2. The number of rotatable bonds is 7. The van der Waals surface area contributed by atoms with Crippen LogP contribution in [0.5, 0.6) is 0 Å². The van der Waals surface area contributed by atoms with Crippen molar-refractivity contribution in [2.45, 2.75) is 24.3 Å². The molecule has 0 aliphatic rings. The van der Waals surface area contributed by atoms with Gasteiger partial charge in [-0.25, -0.2) is 17.9 Å². The van der Waals surface area contributed by atoms with Gasteiger partial charge in [0.15, 0.2) is 0 Å². The Morgan fingerprint density at radius 2 is 1.95 bits per heavy atom. The lowest BCUT2D eigenvalue weighted by Crippen LogP contribution is -2.34. The molecule has 0 saturated carbocycles. The number of methoxy groups -OCH3 is 2. The maximum absolute atomic E-state index is 12.3. The molecule has 0 fully saturated rings. The molecule has 0 amide bonds.